The van der Waals surface area contributed by atoms with Gasteiger partial charge in [0.25, 0.3) is 4.61 Å². The molecule has 0 aliphatic carbocycles. The number of ether oxygens (including phenoxy) is 1. The summed E-state index contributed by atoms with van der Waals surface area (Å²) in [4.78, 5) is 12.0. The highest BCUT2D eigenvalue weighted by atomic mass is 79.9. The van der Waals surface area contributed by atoms with Gasteiger partial charge in [0.05, 0.1) is 6.61 Å². The predicted octanol–water partition coefficient (Wildman–Crippen LogP) is 1.08. The molecule has 1 aromatic carbocycles. The van der Waals surface area contributed by atoms with Crippen molar-refractivity contribution in [2.45, 2.75) is 33.0 Å². The van der Waals surface area contributed by atoms with Crippen molar-refractivity contribution in [1.29, 1.82) is 0 Å². The third-order valence-corrected chi connectivity index (χ3v) is 3.26. The molecule has 4 nitrogen and oxygen atoms in total. The summed E-state index contributed by atoms with van der Waals surface area (Å²) < 4.78 is 7.45. The summed E-state index contributed by atoms with van der Waals surface area (Å²) in [5, 5.41) is 10.8. The first-order valence-electron chi connectivity index (χ1n) is 5.63. The van der Waals surface area contributed by atoms with E-state index in [0.717, 1.165) is 16.1 Å². The van der Waals surface area contributed by atoms with Gasteiger partial charge in [0.15, 0.2) is 0 Å². The number of aliphatic hydroxyl groups is 1. The van der Waals surface area contributed by atoms with Gasteiger partial charge in [0.2, 0.25) is 5.36 Å². The van der Waals surface area contributed by atoms with Crippen molar-refractivity contribution >= 4 is 26.6 Å². The molecule has 2 rings (SSSR count). The van der Waals surface area contributed by atoms with Gasteiger partial charge in [-0.2, -0.15) is 4.79 Å². The molecule has 18 heavy (non-hydrogen) atoms. The molecule has 0 fully saturated rings. The van der Waals surface area contributed by atoms with E-state index in [2.05, 4.69) is 15.9 Å². The van der Waals surface area contributed by atoms with E-state index in [9.17, 15) is 4.79 Å². The molecule has 1 aliphatic heterocycles. The molecule has 0 aromatic heterocycles. The van der Waals surface area contributed by atoms with Crippen LogP contribution in [0.3, 0.4) is 0 Å². The minimum Gasteiger partial charge on any atom is -0.406 e. The number of carbonyl (C=O) groups is 1. The number of hydrogen-bond acceptors (Lipinski definition) is 3. The van der Waals surface area contributed by atoms with Gasteiger partial charge in [-0.25, -0.2) is 0 Å². The molecule has 0 atom stereocenters. The number of benzene rings is 1. The van der Waals surface area contributed by atoms with Crippen LogP contribution in [-0.2, 0) is 11.3 Å². The van der Waals surface area contributed by atoms with Gasteiger partial charge in [-0.1, -0.05) is 10.6 Å². The number of hydrogen-bond donors (Lipinski definition) is 1. The maximum atomic E-state index is 12.0. The van der Waals surface area contributed by atoms with Crippen molar-refractivity contribution in [2.24, 2.45) is 0 Å². The van der Waals surface area contributed by atoms with Gasteiger partial charge in [-0.3, -0.25) is 0 Å². The lowest BCUT2D eigenvalue weighted by Gasteiger charge is -2.17. The predicted molar refractivity (Wildman–Crippen MR) is 71.4 cm³/mol. The highest BCUT2D eigenvalue weighted by molar-refractivity contribution is 9.14. The van der Waals surface area contributed by atoms with Crippen molar-refractivity contribution in [1.82, 2.24) is 4.58 Å². The summed E-state index contributed by atoms with van der Waals surface area (Å²) in [6.07, 6.45) is -0.404. The molecule has 0 unspecified atom stereocenters. The van der Waals surface area contributed by atoms with Gasteiger partial charge >= 0.3 is 6.09 Å². The summed E-state index contributed by atoms with van der Waals surface area (Å²) in [5.74, 6) is 0. The fraction of sp³-hybridized carbons (Fsp3) is 0.385. The third kappa shape index (κ3) is 2.33. The number of halogens is 1. The number of fused-ring (bicyclic) bond motifs is 1. The third-order valence-electron chi connectivity index (χ3n) is 2.48. The quantitative estimate of drug-likeness (QED) is 0.623. The molecule has 1 aliphatic rings. The molecule has 1 N–H and O–H groups in total. The minimum absolute atomic E-state index is 0.0139. The van der Waals surface area contributed by atoms with Gasteiger partial charge in [-0.15, -0.1) is 0 Å². The molecule has 0 radical (unpaired) electrons. The molecular weight excluding hydrogens is 298 g/mol. The lowest BCUT2D eigenvalue weighted by Crippen LogP contribution is -2.53. The van der Waals surface area contributed by atoms with Crippen molar-refractivity contribution in [2.75, 3.05) is 0 Å². The lowest BCUT2D eigenvalue weighted by atomic mass is 10.1. The average molecular weight is 313 g/mol. The van der Waals surface area contributed by atoms with E-state index in [0.29, 0.717) is 4.61 Å². The largest absolute Gasteiger partial charge is 0.604 e. The lowest BCUT2D eigenvalue weighted by molar-refractivity contribution is 0.0517. The standard InChI is InChI=1S/C13H15BrNO3/c1-13(2,3)18-12(17)15-10-5-4-8(7-16)6-9(10)11(15)14/h4-6,16H,7H2,1-3H3/q+1. The van der Waals surface area contributed by atoms with Crippen molar-refractivity contribution < 1.29 is 14.6 Å². The maximum Gasteiger partial charge on any atom is 0.604 e. The van der Waals surface area contributed by atoms with E-state index in [1.807, 2.05) is 26.8 Å². The summed E-state index contributed by atoms with van der Waals surface area (Å²) in [6, 6.07) is 5.44. The summed E-state index contributed by atoms with van der Waals surface area (Å²) in [6.45, 7) is 5.47. The zero-order chi connectivity index (χ0) is 13.5. The Hall–Kier alpha value is -1.20. The van der Waals surface area contributed by atoms with Crippen LogP contribution in [0.5, 0.6) is 0 Å². The molecule has 96 valence electrons. The Kier molecular flexibility index (Phi) is 3.29. The van der Waals surface area contributed by atoms with Crippen LogP contribution < -0.4 is 15.2 Å². The van der Waals surface area contributed by atoms with Crippen molar-refractivity contribution in [3.8, 4) is 0 Å². The fourth-order valence-corrected chi connectivity index (χ4v) is 2.35. The van der Waals surface area contributed by atoms with Gasteiger partial charge in [-0.05, 0) is 32.4 Å². The van der Waals surface area contributed by atoms with E-state index in [1.165, 1.54) is 4.58 Å². The fourth-order valence-electron chi connectivity index (χ4n) is 1.70. The Labute approximate surface area is 113 Å². The average Bonchev–Trinajstić information content (AvgIpc) is 2.25. The molecule has 1 heterocycles. The number of nitrogens with zero attached hydrogens (tertiary/aromatic N) is 1. The Bertz CT molecular complexity index is 629. The molecule has 0 saturated carbocycles. The smallest absolute Gasteiger partial charge is 0.406 e. The van der Waals surface area contributed by atoms with E-state index in [-0.39, 0.29) is 6.61 Å². The molecule has 0 bridgehead atoms. The number of amides is 1. The minimum atomic E-state index is -0.523. The second kappa shape index (κ2) is 4.48. The zero-order valence-electron chi connectivity index (χ0n) is 10.5. The first-order chi connectivity index (χ1) is 8.33. The van der Waals surface area contributed by atoms with Crippen LogP contribution in [0.25, 0.3) is 4.61 Å². The molecule has 0 saturated heterocycles. The highest BCUT2D eigenvalue weighted by Gasteiger charge is 2.36. The van der Waals surface area contributed by atoms with Crippen molar-refractivity contribution in [3.63, 3.8) is 0 Å². The van der Waals surface area contributed by atoms with E-state index in [1.54, 1.807) is 12.1 Å². The Balaban J connectivity index is 2.40. The molecule has 0 spiro atoms. The van der Waals surface area contributed by atoms with Crippen LogP contribution in [0.15, 0.2) is 18.2 Å². The molecule has 5 heteroatoms. The molecule has 1 amide bonds. The number of carbonyl (C=O) groups excluding carboxylic acids is 1. The zero-order valence-corrected chi connectivity index (χ0v) is 12.1. The second-order valence-electron chi connectivity index (χ2n) is 5.12. The monoisotopic (exact) mass is 312 g/mol. The first kappa shape index (κ1) is 13.2. The Morgan fingerprint density at radius 1 is 1.44 bits per heavy atom. The van der Waals surface area contributed by atoms with Gasteiger partial charge in [0.1, 0.15) is 10.8 Å². The van der Waals surface area contributed by atoms with E-state index >= 15 is 0 Å². The SMILES string of the molecule is CC(C)(C)OC(=O)[N+]1=c2ccc(CO)cc2=C1Br. The maximum absolute atomic E-state index is 12.0. The van der Waals surface area contributed by atoms with Crippen LogP contribution in [0.2, 0.25) is 0 Å². The van der Waals surface area contributed by atoms with Crippen molar-refractivity contribution in [3.05, 3.63) is 34.3 Å². The Morgan fingerprint density at radius 3 is 2.67 bits per heavy atom. The van der Waals surface area contributed by atoms with Crippen LogP contribution in [0.1, 0.15) is 26.3 Å². The second-order valence-corrected chi connectivity index (χ2v) is 5.87. The summed E-state index contributed by atoms with van der Waals surface area (Å²) in [5.41, 5.74) is 0.292. The summed E-state index contributed by atoms with van der Waals surface area (Å²) >= 11 is 3.36. The molecular formula is C13H15BrNO3+. The van der Waals surface area contributed by atoms with E-state index in [4.69, 9.17) is 9.84 Å². The summed E-state index contributed by atoms with van der Waals surface area (Å²) in [7, 11) is 0. The van der Waals surface area contributed by atoms with Gasteiger partial charge in [0, 0.05) is 22.0 Å². The topological polar surface area (TPSA) is 49.5 Å². The highest BCUT2D eigenvalue weighted by Crippen LogP contribution is 2.13. The van der Waals surface area contributed by atoms with Gasteiger partial charge < -0.3 is 9.84 Å². The van der Waals surface area contributed by atoms with Crippen LogP contribution >= 0.6 is 15.9 Å². The number of rotatable bonds is 1. The van der Waals surface area contributed by atoms with Crippen LogP contribution in [0, 0.1) is 0 Å². The van der Waals surface area contributed by atoms with Crippen LogP contribution in [-0.4, -0.2) is 16.8 Å². The number of aliphatic hydroxyl groups excluding tert-OH is 1. The molecule has 1 aromatic rings. The first-order valence-corrected chi connectivity index (χ1v) is 6.42. The normalized spacial score (nSPS) is 14.1. The van der Waals surface area contributed by atoms with Crippen LogP contribution in [0.4, 0.5) is 4.79 Å². The Morgan fingerprint density at radius 2 is 2.11 bits per heavy atom. The van der Waals surface area contributed by atoms with E-state index < -0.39 is 11.7 Å².